The first kappa shape index (κ1) is 20.0. The lowest BCUT2D eigenvalue weighted by Crippen LogP contribution is -2.31. The number of unbranched alkanes of at least 4 members (excludes halogenated alkanes) is 2. The molecule has 0 spiro atoms. The lowest BCUT2D eigenvalue weighted by atomic mass is 10.2. The second kappa shape index (κ2) is 9.04. The number of benzene rings is 1. The van der Waals surface area contributed by atoms with E-state index in [1.54, 1.807) is 10.5 Å². The average molecular weight is 413 g/mol. The molecule has 1 saturated heterocycles. The van der Waals surface area contributed by atoms with E-state index in [0.717, 1.165) is 48.9 Å². The molecule has 1 aliphatic heterocycles. The molecule has 6 heteroatoms. The third-order valence-corrected chi connectivity index (χ3v) is 6.00. The zero-order valence-corrected chi connectivity index (χ0v) is 17.9. The van der Waals surface area contributed by atoms with Crippen LogP contribution in [0.25, 0.3) is 17.0 Å². The van der Waals surface area contributed by atoms with Crippen LogP contribution in [0.5, 0.6) is 0 Å². The van der Waals surface area contributed by atoms with Crippen molar-refractivity contribution in [2.45, 2.75) is 58.4 Å². The van der Waals surface area contributed by atoms with Crippen molar-refractivity contribution in [3.05, 3.63) is 51.9 Å². The molecule has 1 aliphatic rings. The number of rotatable bonds is 6. The fraction of sp³-hybridized carbons (Fsp3) is 0.478. The van der Waals surface area contributed by atoms with Crippen LogP contribution in [-0.2, 0) is 6.54 Å². The molecular formula is C23H29ClN4O. The summed E-state index contributed by atoms with van der Waals surface area (Å²) in [6.07, 6.45) is 10.2. The largest absolute Gasteiger partial charge is 0.358 e. The maximum atomic E-state index is 13.0. The summed E-state index contributed by atoms with van der Waals surface area (Å²) in [4.78, 5) is 20.2. The highest BCUT2D eigenvalue weighted by atomic mass is 35.5. The van der Waals surface area contributed by atoms with Crippen LogP contribution in [0.1, 0.15) is 51.9 Å². The molecule has 1 fully saturated rings. The fourth-order valence-corrected chi connectivity index (χ4v) is 4.27. The Balaban J connectivity index is 1.82. The van der Waals surface area contributed by atoms with E-state index in [1.807, 2.05) is 30.5 Å². The molecule has 4 rings (SSSR count). The van der Waals surface area contributed by atoms with Crippen molar-refractivity contribution in [1.82, 2.24) is 14.0 Å². The van der Waals surface area contributed by atoms with Crippen molar-refractivity contribution >= 4 is 23.2 Å². The number of fused-ring (bicyclic) bond motifs is 1. The molecule has 0 unspecified atom stereocenters. The minimum atomic E-state index is -0.0151. The molecule has 0 radical (unpaired) electrons. The lowest BCUT2D eigenvalue weighted by molar-refractivity contribution is 0.591. The summed E-state index contributed by atoms with van der Waals surface area (Å²) in [6, 6.07) is 9.42. The topological polar surface area (TPSA) is 42.5 Å². The fourth-order valence-electron chi connectivity index (χ4n) is 4.14. The highest BCUT2D eigenvalue weighted by Gasteiger charge is 2.18. The second-order valence-electron chi connectivity index (χ2n) is 7.90. The van der Waals surface area contributed by atoms with Crippen LogP contribution in [0.15, 0.2) is 41.3 Å². The number of imidazole rings is 1. The third kappa shape index (κ3) is 4.35. The van der Waals surface area contributed by atoms with Crippen LogP contribution in [0.4, 0.5) is 5.82 Å². The molecule has 0 saturated carbocycles. The zero-order valence-electron chi connectivity index (χ0n) is 17.1. The van der Waals surface area contributed by atoms with Gasteiger partial charge in [0.2, 0.25) is 5.78 Å². The van der Waals surface area contributed by atoms with Crippen molar-refractivity contribution in [1.29, 1.82) is 0 Å². The van der Waals surface area contributed by atoms with Gasteiger partial charge in [-0.25, -0.2) is 4.98 Å². The Bertz CT molecular complexity index is 1010. The summed E-state index contributed by atoms with van der Waals surface area (Å²) in [5.41, 5.74) is 1.75. The third-order valence-electron chi connectivity index (χ3n) is 5.75. The highest BCUT2D eigenvalue weighted by molar-refractivity contribution is 6.30. The number of hydrogen-bond acceptors (Lipinski definition) is 3. The van der Waals surface area contributed by atoms with Crippen LogP contribution in [0, 0.1) is 0 Å². The summed E-state index contributed by atoms with van der Waals surface area (Å²) in [5, 5.41) is 0.695. The Morgan fingerprint density at radius 3 is 2.45 bits per heavy atom. The van der Waals surface area contributed by atoms with E-state index < -0.39 is 0 Å². The van der Waals surface area contributed by atoms with Crippen LogP contribution < -0.4 is 10.5 Å². The van der Waals surface area contributed by atoms with Gasteiger partial charge in [-0.3, -0.25) is 13.8 Å². The first-order valence-corrected chi connectivity index (χ1v) is 11.2. The predicted octanol–water partition coefficient (Wildman–Crippen LogP) is 5.39. The van der Waals surface area contributed by atoms with Gasteiger partial charge < -0.3 is 4.90 Å². The Hall–Kier alpha value is -2.27. The SMILES string of the molecule is CCCCCn1c(N2CCCCCC2)cc(=O)n2cc(-c3ccc(Cl)cc3)nc12. The van der Waals surface area contributed by atoms with Gasteiger partial charge in [-0.2, -0.15) is 0 Å². The van der Waals surface area contributed by atoms with Crippen molar-refractivity contribution in [3.63, 3.8) is 0 Å². The van der Waals surface area contributed by atoms with E-state index >= 15 is 0 Å². The molecule has 0 N–H and O–H groups in total. The smallest absolute Gasteiger partial charge is 0.261 e. The highest BCUT2D eigenvalue weighted by Crippen LogP contribution is 2.25. The molecule has 5 nitrogen and oxygen atoms in total. The van der Waals surface area contributed by atoms with Gasteiger partial charge >= 0.3 is 0 Å². The van der Waals surface area contributed by atoms with Crippen LogP contribution in [-0.4, -0.2) is 27.0 Å². The van der Waals surface area contributed by atoms with E-state index in [1.165, 1.54) is 38.5 Å². The second-order valence-corrected chi connectivity index (χ2v) is 8.34. The maximum absolute atomic E-state index is 13.0. The standard InChI is InChI=1S/C23H29ClN4O/c1-2-3-6-15-27-21(26-13-7-4-5-8-14-26)16-22(29)28-17-20(25-23(27)28)18-9-11-19(24)12-10-18/h9-12,16-17H,2-8,13-15H2,1H3. The molecule has 29 heavy (non-hydrogen) atoms. The monoisotopic (exact) mass is 412 g/mol. The van der Waals surface area contributed by atoms with Crippen LogP contribution in [0.3, 0.4) is 0 Å². The van der Waals surface area contributed by atoms with Gasteiger partial charge in [0.25, 0.3) is 5.56 Å². The minimum Gasteiger partial charge on any atom is -0.358 e. The summed E-state index contributed by atoms with van der Waals surface area (Å²) >= 11 is 6.03. The van der Waals surface area contributed by atoms with E-state index in [9.17, 15) is 4.79 Å². The molecule has 2 aromatic heterocycles. The van der Waals surface area contributed by atoms with Crippen LogP contribution >= 0.6 is 11.6 Å². The first-order valence-electron chi connectivity index (χ1n) is 10.8. The van der Waals surface area contributed by atoms with E-state index in [2.05, 4.69) is 16.4 Å². The first-order chi connectivity index (χ1) is 14.2. The minimum absolute atomic E-state index is 0.0151. The molecule has 0 bridgehead atoms. The van der Waals surface area contributed by atoms with Crippen molar-refractivity contribution < 1.29 is 0 Å². The molecule has 1 aromatic carbocycles. The number of anilines is 1. The Morgan fingerprint density at radius 2 is 1.76 bits per heavy atom. The summed E-state index contributed by atoms with van der Waals surface area (Å²) in [7, 11) is 0. The van der Waals surface area contributed by atoms with Gasteiger partial charge in [-0.05, 0) is 31.4 Å². The molecule has 0 atom stereocenters. The van der Waals surface area contributed by atoms with Crippen molar-refractivity contribution in [2.75, 3.05) is 18.0 Å². The number of nitrogens with zero attached hydrogens (tertiary/aromatic N) is 4. The van der Waals surface area contributed by atoms with E-state index in [0.29, 0.717) is 5.02 Å². The van der Waals surface area contributed by atoms with Gasteiger partial charge in [-0.15, -0.1) is 0 Å². The molecule has 0 amide bonds. The Kier molecular flexibility index (Phi) is 6.24. The number of hydrogen-bond donors (Lipinski definition) is 0. The molecule has 0 aliphatic carbocycles. The predicted molar refractivity (Wildman–Crippen MR) is 120 cm³/mol. The number of halogens is 1. The van der Waals surface area contributed by atoms with Gasteiger partial charge in [-0.1, -0.05) is 56.3 Å². The normalized spacial score (nSPS) is 15.0. The molecular weight excluding hydrogens is 384 g/mol. The van der Waals surface area contributed by atoms with Gasteiger partial charge in [0.15, 0.2) is 0 Å². The number of aromatic nitrogens is 3. The maximum Gasteiger partial charge on any atom is 0.261 e. The number of aryl methyl sites for hydroxylation is 1. The quantitative estimate of drug-likeness (QED) is 0.510. The van der Waals surface area contributed by atoms with Crippen molar-refractivity contribution in [3.8, 4) is 11.3 Å². The lowest BCUT2D eigenvalue weighted by Gasteiger charge is -2.26. The molecule has 3 heterocycles. The summed E-state index contributed by atoms with van der Waals surface area (Å²) in [5.74, 6) is 1.76. The average Bonchev–Trinajstić information content (AvgIpc) is 2.99. The summed E-state index contributed by atoms with van der Waals surface area (Å²) in [6.45, 7) is 5.10. The van der Waals surface area contributed by atoms with Crippen molar-refractivity contribution in [2.24, 2.45) is 0 Å². The van der Waals surface area contributed by atoms with Crippen LogP contribution in [0.2, 0.25) is 5.02 Å². The molecule has 154 valence electrons. The van der Waals surface area contributed by atoms with Gasteiger partial charge in [0, 0.05) is 42.5 Å². The Labute approximate surface area is 176 Å². The Morgan fingerprint density at radius 1 is 1.03 bits per heavy atom. The zero-order chi connectivity index (χ0) is 20.2. The summed E-state index contributed by atoms with van der Waals surface area (Å²) < 4.78 is 3.94. The van der Waals surface area contributed by atoms with E-state index in [4.69, 9.17) is 16.6 Å². The van der Waals surface area contributed by atoms with Gasteiger partial charge in [0.05, 0.1) is 5.69 Å². The van der Waals surface area contributed by atoms with E-state index in [-0.39, 0.29) is 5.56 Å². The molecule has 3 aromatic rings. The van der Waals surface area contributed by atoms with Gasteiger partial charge in [0.1, 0.15) is 5.82 Å².